The Hall–Kier alpha value is -3.05. The highest BCUT2D eigenvalue weighted by atomic mass is 16.5. The maximum absolute atomic E-state index is 12.5. The van der Waals surface area contributed by atoms with Crippen molar-refractivity contribution in [1.82, 2.24) is 14.9 Å². The van der Waals surface area contributed by atoms with Crippen LogP contribution in [-0.4, -0.2) is 41.1 Å². The highest BCUT2D eigenvalue weighted by Gasteiger charge is 2.12. The van der Waals surface area contributed by atoms with Crippen LogP contribution in [0.5, 0.6) is 5.75 Å². The molecule has 5 heteroatoms. The minimum Gasteiger partial charge on any atom is -0.492 e. The second-order valence-electron chi connectivity index (χ2n) is 7.43. The summed E-state index contributed by atoms with van der Waals surface area (Å²) in [5, 5.41) is 2.06. The van der Waals surface area contributed by atoms with Crippen LogP contribution in [0.15, 0.2) is 59.4 Å². The quantitative estimate of drug-likeness (QED) is 0.552. The van der Waals surface area contributed by atoms with E-state index in [4.69, 9.17) is 4.74 Å². The fourth-order valence-electron chi connectivity index (χ4n) is 3.99. The zero-order valence-corrected chi connectivity index (χ0v) is 15.7. The second kappa shape index (κ2) is 7.17. The average Bonchev–Trinajstić information content (AvgIpc) is 3.36. The highest BCUT2D eigenvalue weighted by molar-refractivity contribution is 5.89. The van der Waals surface area contributed by atoms with E-state index < -0.39 is 0 Å². The molecule has 0 unspecified atom stereocenters. The molecule has 5 nitrogen and oxygen atoms in total. The fourth-order valence-corrected chi connectivity index (χ4v) is 3.99. The maximum atomic E-state index is 12.5. The lowest BCUT2D eigenvalue weighted by Gasteiger charge is -2.14. The number of aromatic nitrogens is 2. The Morgan fingerprint density at radius 1 is 0.893 bits per heavy atom. The van der Waals surface area contributed by atoms with Crippen LogP contribution in [0.3, 0.4) is 0 Å². The van der Waals surface area contributed by atoms with Crippen molar-refractivity contribution < 1.29 is 4.74 Å². The minimum absolute atomic E-state index is 0.0904. The molecule has 2 N–H and O–H groups in total. The summed E-state index contributed by atoms with van der Waals surface area (Å²) >= 11 is 0. The fraction of sp³-hybridized carbons (Fsp3) is 0.261. The molecule has 5 rings (SSSR count). The molecule has 0 amide bonds. The van der Waals surface area contributed by atoms with Crippen molar-refractivity contribution in [2.24, 2.45) is 0 Å². The monoisotopic (exact) mass is 373 g/mol. The average molecular weight is 373 g/mol. The summed E-state index contributed by atoms with van der Waals surface area (Å²) < 4.78 is 5.95. The molecule has 1 aliphatic rings. The molecule has 28 heavy (non-hydrogen) atoms. The topological polar surface area (TPSA) is 61.1 Å². The van der Waals surface area contributed by atoms with Gasteiger partial charge in [0, 0.05) is 23.0 Å². The van der Waals surface area contributed by atoms with Gasteiger partial charge in [0.15, 0.2) is 0 Å². The summed E-state index contributed by atoms with van der Waals surface area (Å²) in [4.78, 5) is 21.3. The van der Waals surface area contributed by atoms with E-state index in [1.54, 1.807) is 0 Å². The van der Waals surface area contributed by atoms with Crippen LogP contribution in [-0.2, 0) is 0 Å². The lowest BCUT2D eigenvalue weighted by molar-refractivity contribution is 0.238. The number of H-pyrrole nitrogens is 2. The summed E-state index contributed by atoms with van der Waals surface area (Å²) in [5.74, 6) is 0.865. The largest absolute Gasteiger partial charge is 0.492 e. The van der Waals surface area contributed by atoms with E-state index in [2.05, 4.69) is 14.9 Å². The lowest BCUT2D eigenvalue weighted by atomic mass is 10.1. The Bertz CT molecular complexity index is 1190. The van der Waals surface area contributed by atoms with Gasteiger partial charge in [0.1, 0.15) is 12.4 Å². The van der Waals surface area contributed by atoms with Gasteiger partial charge in [-0.05, 0) is 67.7 Å². The van der Waals surface area contributed by atoms with Gasteiger partial charge in [0.05, 0.1) is 11.3 Å². The number of pyridine rings is 1. The van der Waals surface area contributed by atoms with Gasteiger partial charge < -0.3 is 14.7 Å². The molecule has 0 aliphatic carbocycles. The van der Waals surface area contributed by atoms with Crippen LogP contribution < -0.4 is 10.3 Å². The van der Waals surface area contributed by atoms with Crippen LogP contribution >= 0.6 is 0 Å². The van der Waals surface area contributed by atoms with Crippen molar-refractivity contribution >= 4 is 21.8 Å². The number of fused-ring (bicyclic) bond motifs is 2. The predicted molar refractivity (Wildman–Crippen MR) is 113 cm³/mol. The van der Waals surface area contributed by atoms with Crippen LogP contribution in [0.4, 0.5) is 0 Å². The van der Waals surface area contributed by atoms with E-state index in [-0.39, 0.29) is 5.56 Å². The molecule has 1 aliphatic heterocycles. The summed E-state index contributed by atoms with van der Waals surface area (Å²) in [6.07, 6.45) is 2.60. The first-order chi connectivity index (χ1) is 13.8. The second-order valence-corrected chi connectivity index (χ2v) is 7.43. The molecular formula is C23H23N3O2. The van der Waals surface area contributed by atoms with Crippen LogP contribution in [0.1, 0.15) is 12.8 Å². The number of likely N-dealkylation sites (tertiary alicyclic amines) is 1. The van der Waals surface area contributed by atoms with Gasteiger partial charge in [0.2, 0.25) is 0 Å². The van der Waals surface area contributed by atoms with E-state index in [0.717, 1.165) is 39.8 Å². The van der Waals surface area contributed by atoms with E-state index in [1.807, 2.05) is 54.6 Å². The number of ether oxygens (including phenoxy) is 1. The zero-order valence-electron chi connectivity index (χ0n) is 15.7. The molecule has 1 saturated heterocycles. The third-order valence-corrected chi connectivity index (χ3v) is 5.51. The smallest absolute Gasteiger partial charge is 0.257 e. The molecule has 142 valence electrons. The van der Waals surface area contributed by atoms with Gasteiger partial charge in [-0.25, -0.2) is 0 Å². The third kappa shape index (κ3) is 3.29. The van der Waals surface area contributed by atoms with Crippen LogP contribution in [0.25, 0.3) is 33.1 Å². The zero-order chi connectivity index (χ0) is 18.9. The number of para-hydroxylation sites is 1. The number of nitrogens with zero attached hydrogens (tertiary/aromatic N) is 1. The predicted octanol–water partition coefficient (Wildman–Crippen LogP) is 4.15. The number of benzene rings is 2. The minimum atomic E-state index is -0.0904. The number of aromatic amines is 2. The molecule has 0 saturated carbocycles. The van der Waals surface area contributed by atoms with Gasteiger partial charge in [-0.2, -0.15) is 0 Å². The lowest BCUT2D eigenvalue weighted by Crippen LogP contribution is -2.25. The van der Waals surface area contributed by atoms with Gasteiger partial charge in [-0.1, -0.05) is 18.2 Å². The molecule has 0 spiro atoms. The van der Waals surface area contributed by atoms with E-state index in [1.165, 1.54) is 25.9 Å². The Balaban J connectivity index is 1.40. The van der Waals surface area contributed by atoms with Crippen molar-refractivity contribution in [2.75, 3.05) is 26.2 Å². The normalized spacial score (nSPS) is 14.9. The molecule has 0 radical (unpaired) electrons. The van der Waals surface area contributed by atoms with Crippen LogP contribution in [0, 0.1) is 0 Å². The molecule has 0 atom stereocenters. The van der Waals surface area contributed by atoms with E-state index in [9.17, 15) is 4.79 Å². The Morgan fingerprint density at radius 3 is 2.61 bits per heavy atom. The van der Waals surface area contributed by atoms with Crippen LogP contribution in [0.2, 0.25) is 0 Å². The molecule has 4 aromatic rings. The Morgan fingerprint density at radius 2 is 1.71 bits per heavy atom. The van der Waals surface area contributed by atoms with E-state index in [0.29, 0.717) is 12.2 Å². The summed E-state index contributed by atoms with van der Waals surface area (Å²) in [6.45, 7) is 4.05. The van der Waals surface area contributed by atoms with Crippen molar-refractivity contribution in [2.45, 2.75) is 12.8 Å². The standard InChI is InChI=1S/C23H23N3O2/c27-23-19(14-16-5-1-2-6-20(16)25-23)22-15-17-13-18(7-8-21(17)24-22)28-12-11-26-9-3-4-10-26/h1-2,5-8,13-15,24H,3-4,9-12H2,(H,25,27). The van der Waals surface area contributed by atoms with Crippen molar-refractivity contribution in [3.63, 3.8) is 0 Å². The maximum Gasteiger partial charge on any atom is 0.257 e. The van der Waals surface area contributed by atoms with Crippen molar-refractivity contribution in [3.8, 4) is 17.0 Å². The Labute approximate surface area is 162 Å². The molecule has 2 aromatic carbocycles. The van der Waals surface area contributed by atoms with Crippen molar-refractivity contribution in [1.29, 1.82) is 0 Å². The molecular weight excluding hydrogens is 350 g/mol. The SMILES string of the molecule is O=c1[nH]c2ccccc2cc1-c1cc2cc(OCCN3CCCC3)ccc2[nH]1. The highest BCUT2D eigenvalue weighted by Crippen LogP contribution is 2.27. The number of hydrogen-bond donors (Lipinski definition) is 2. The third-order valence-electron chi connectivity index (χ3n) is 5.51. The van der Waals surface area contributed by atoms with E-state index >= 15 is 0 Å². The number of nitrogens with one attached hydrogen (secondary N) is 2. The summed E-state index contributed by atoms with van der Waals surface area (Å²) in [6, 6.07) is 17.8. The number of hydrogen-bond acceptors (Lipinski definition) is 3. The molecule has 1 fully saturated rings. The molecule has 3 heterocycles. The summed E-state index contributed by atoms with van der Waals surface area (Å²) in [7, 11) is 0. The van der Waals surface area contributed by atoms with Crippen molar-refractivity contribution in [3.05, 3.63) is 65.0 Å². The first kappa shape index (κ1) is 17.1. The first-order valence-electron chi connectivity index (χ1n) is 9.87. The van der Waals surface area contributed by atoms with Gasteiger partial charge in [-0.15, -0.1) is 0 Å². The molecule has 2 aromatic heterocycles. The van der Waals surface area contributed by atoms with Gasteiger partial charge >= 0.3 is 0 Å². The first-order valence-corrected chi connectivity index (χ1v) is 9.87. The van der Waals surface area contributed by atoms with Gasteiger partial charge in [-0.3, -0.25) is 9.69 Å². The Kier molecular flexibility index (Phi) is 4.37. The molecule has 0 bridgehead atoms. The number of rotatable bonds is 5. The summed E-state index contributed by atoms with van der Waals surface area (Å²) in [5.41, 5.74) is 3.21. The van der Waals surface area contributed by atoms with Gasteiger partial charge in [0.25, 0.3) is 5.56 Å².